The highest BCUT2D eigenvalue weighted by molar-refractivity contribution is 5.96. The summed E-state index contributed by atoms with van der Waals surface area (Å²) in [6, 6.07) is 5.69. The standard InChI is InChI=1S/C16H22N2O4/c1-16(2,3)22-15(21)18-10-4-5-13(18)14(20)17-11-6-8-12(19)9-7-11/h6-9,13,19H,4-5,10H2,1-3H3,(H,17,20)/t13-/m0/s1. The predicted octanol–water partition coefficient (Wildman–Crippen LogP) is 2.73. The second-order valence-electron chi connectivity index (χ2n) is 6.37. The molecule has 1 aliphatic rings. The minimum atomic E-state index is -0.586. The molecule has 0 aliphatic carbocycles. The minimum absolute atomic E-state index is 0.134. The molecule has 0 saturated carbocycles. The second kappa shape index (κ2) is 6.25. The SMILES string of the molecule is CC(C)(C)OC(=O)N1CCC[C@H]1C(=O)Nc1ccc(O)cc1. The number of benzene rings is 1. The van der Waals surface area contributed by atoms with Crippen molar-refractivity contribution in [3.05, 3.63) is 24.3 Å². The molecule has 0 radical (unpaired) electrons. The molecular formula is C16H22N2O4. The van der Waals surface area contributed by atoms with E-state index in [0.717, 1.165) is 6.42 Å². The molecule has 2 rings (SSSR count). The Kier molecular flexibility index (Phi) is 4.59. The van der Waals surface area contributed by atoms with Crippen LogP contribution in [0.15, 0.2) is 24.3 Å². The van der Waals surface area contributed by atoms with Gasteiger partial charge in [0.05, 0.1) is 0 Å². The van der Waals surface area contributed by atoms with Crippen LogP contribution in [0.2, 0.25) is 0 Å². The van der Waals surface area contributed by atoms with Crippen molar-refractivity contribution in [3.8, 4) is 5.75 Å². The van der Waals surface area contributed by atoms with E-state index in [0.29, 0.717) is 18.7 Å². The molecule has 1 heterocycles. The van der Waals surface area contributed by atoms with Crippen LogP contribution in [0.4, 0.5) is 10.5 Å². The predicted molar refractivity (Wildman–Crippen MR) is 82.7 cm³/mol. The van der Waals surface area contributed by atoms with Gasteiger partial charge in [-0.15, -0.1) is 0 Å². The number of likely N-dealkylation sites (tertiary alicyclic amines) is 1. The van der Waals surface area contributed by atoms with Crippen LogP contribution in [0.3, 0.4) is 0 Å². The summed E-state index contributed by atoms with van der Waals surface area (Å²) in [5, 5.41) is 12.0. The van der Waals surface area contributed by atoms with Gasteiger partial charge >= 0.3 is 6.09 Å². The molecule has 1 aliphatic heterocycles. The maximum absolute atomic E-state index is 12.4. The van der Waals surface area contributed by atoms with Gasteiger partial charge < -0.3 is 15.2 Å². The molecule has 1 atom stereocenters. The van der Waals surface area contributed by atoms with E-state index in [1.165, 1.54) is 17.0 Å². The third kappa shape index (κ3) is 4.13. The summed E-state index contributed by atoms with van der Waals surface area (Å²) in [4.78, 5) is 26.0. The topological polar surface area (TPSA) is 78.9 Å². The lowest BCUT2D eigenvalue weighted by molar-refractivity contribution is -0.120. The van der Waals surface area contributed by atoms with Crippen molar-refractivity contribution in [3.63, 3.8) is 0 Å². The van der Waals surface area contributed by atoms with E-state index < -0.39 is 17.7 Å². The van der Waals surface area contributed by atoms with Gasteiger partial charge in [-0.1, -0.05) is 0 Å². The maximum Gasteiger partial charge on any atom is 0.410 e. The first-order chi connectivity index (χ1) is 10.3. The summed E-state index contributed by atoms with van der Waals surface area (Å²) >= 11 is 0. The molecule has 1 aromatic carbocycles. The zero-order chi connectivity index (χ0) is 16.3. The zero-order valence-electron chi connectivity index (χ0n) is 13.1. The van der Waals surface area contributed by atoms with Gasteiger partial charge in [0, 0.05) is 12.2 Å². The summed E-state index contributed by atoms with van der Waals surface area (Å²) in [5.74, 6) is -0.108. The number of nitrogens with one attached hydrogen (secondary N) is 1. The van der Waals surface area contributed by atoms with Crippen molar-refractivity contribution in [2.24, 2.45) is 0 Å². The number of hydrogen-bond donors (Lipinski definition) is 2. The number of phenols is 1. The van der Waals surface area contributed by atoms with Gasteiger partial charge in [-0.05, 0) is 57.9 Å². The fourth-order valence-electron chi connectivity index (χ4n) is 2.35. The van der Waals surface area contributed by atoms with Crippen LogP contribution in [0, 0.1) is 0 Å². The normalized spacial score (nSPS) is 18.1. The van der Waals surface area contributed by atoms with E-state index in [2.05, 4.69) is 5.32 Å². The fraction of sp³-hybridized carbons (Fsp3) is 0.500. The number of hydrogen-bond acceptors (Lipinski definition) is 4. The maximum atomic E-state index is 12.4. The van der Waals surface area contributed by atoms with Crippen LogP contribution in [0.25, 0.3) is 0 Å². The van der Waals surface area contributed by atoms with Crippen LogP contribution in [-0.2, 0) is 9.53 Å². The Balaban J connectivity index is 2.01. The number of amides is 2. The van der Waals surface area contributed by atoms with Crippen LogP contribution >= 0.6 is 0 Å². The number of carbonyl (C=O) groups excluding carboxylic acids is 2. The van der Waals surface area contributed by atoms with Crippen LogP contribution in [0.5, 0.6) is 5.75 Å². The largest absolute Gasteiger partial charge is 0.508 e. The van der Waals surface area contributed by atoms with Crippen LogP contribution in [0.1, 0.15) is 33.6 Å². The molecule has 0 spiro atoms. The quantitative estimate of drug-likeness (QED) is 0.823. The lowest BCUT2D eigenvalue weighted by atomic mass is 10.2. The van der Waals surface area contributed by atoms with E-state index in [-0.39, 0.29) is 11.7 Å². The van der Waals surface area contributed by atoms with Gasteiger partial charge in [-0.25, -0.2) is 4.79 Å². The van der Waals surface area contributed by atoms with Gasteiger partial charge in [0.15, 0.2) is 0 Å². The average Bonchev–Trinajstić information content (AvgIpc) is 2.89. The summed E-state index contributed by atoms with van der Waals surface area (Å²) in [5.41, 5.74) is -0.00340. The van der Waals surface area contributed by atoms with Crippen molar-refractivity contribution in [2.75, 3.05) is 11.9 Å². The summed E-state index contributed by atoms with van der Waals surface area (Å²) < 4.78 is 5.34. The molecular weight excluding hydrogens is 284 g/mol. The van der Waals surface area contributed by atoms with Crippen molar-refractivity contribution < 1.29 is 19.4 Å². The molecule has 22 heavy (non-hydrogen) atoms. The molecule has 0 unspecified atom stereocenters. The number of anilines is 1. The molecule has 6 heteroatoms. The van der Waals surface area contributed by atoms with E-state index in [1.54, 1.807) is 32.9 Å². The zero-order valence-corrected chi connectivity index (χ0v) is 13.1. The Morgan fingerprint density at radius 2 is 1.91 bits per heavy atom. The van der Waals surface area contributed by atoms with Crippen molar-refractivity contribution in [1.29, 1.82) is 0 Å². The number of ether oxygens (including phenoxy) is 1. The Hall–Kier alpha value is -2.24. The fourth-order valence-corrected chi connectivity index (χ4v) is 2.35. The van der Waals surface area contributed by atoms with E-state index in [1.807, 2.05) is 0 Å². The summed E-state index contributed by atoms with van der Waals surface area (Å²) in [6.45, 7) is 5.91. The smallest absolute Gasteiger partial charge is 0.410 e. The van der Waals surface area contributed by atoms with Crippen LogP contribution < -0.4 is 5.32 Å². The lowest BCUT2D eigenvalue weighted by Gasteiger charge is -2.28. The summed E-state index contributed by atoms with van der Waals surface area (Å²) in [7, 11) is 0. The molecule has 0 aromatic heterocycles. The van der Waals surface area contributed by atoms with Crippen LogP contribution in [-0.4, -0.2) is 40.2 Å². The third-order valence-electron chi connectivity index (χ3n) is 3.32. The van der Waals surface area contributed by atoms with Crippen molar-refractivity contribution in [2.45, 2.75) is 45.3 Å². The third-order valence-corrected chi connectivity index (χ3v) is 3.32. The van der Waals surface area contributed by atoms with E-state index in [9.17, 15) is 14.7 Å². The van der Waals surface area contributed by atoms with Gasteiger partial charge in [-0.3, -0.25) is 9.69 Å². The molecule has 120 valence electrons. The first kappa shape index (κ1) is 16.1. The monoisotopic (exact) mass is 306 g/mol. The first-order valence-electron chi connectivity index (χ1n) is 7.36. The molecule has 2 N–H and O–H groups in total. The Bertz CT molecular complexity index is 548. The number of nitrogens with zero attached hydrogens (tertiary/aromatic N) is 1. The highest BCUT2D eigenvalue weighted by Crippen LogP contribution is 2.22. The first-order valence-corrected chi connectivity index (χ1v) is 7.36. The average molecular weight is 306 g/mol. The number of rotatable bonds is 2. The molecule has 1 fully saturated rings. The number of phenolic OH excluding ortho intramolecular Hbond substituents is 1. The van der Waals surface area contributed by atoms with E-state index >= 15 is 0 Å². The lowest BCUT2D eigenvalue weighted by Crippen LogP contribution is -2.45. The molecule has 0 bridgehead atoms. The Labute approximate surface area is 130 Å². The second-order valence-corrected chi connectivity index (χ2v) is 6.37. The molecule has 1 saturated heterocycles. The Morgan fingerprint density at radius 3 is 2.50 bits per heavy atom. The number of carbonyl (C=O) groups is 2. The Morgan fingerprint density at radius 1 is 1.27 bits per heavy atom. The van der Waals surface area contributed by atoms with E-state index in [4.69, 9.17) is 4.74 Å². The molecule has 1 aromatic rings. The van der Waals surface area contributed by atoms with Gasteiger partial charge in [0.25, 0.3) is 0 Å². The van der Waals surface area contributed by atoms with Gasteiger partial charge in [0.1, 0.15) is 17.4 Å². The molecule has 2 amide bonds. The summed E-state index contributed by atoms with van der Waals surface area (Å²) in [6.07, 6.45) is 0.923. The van der Waals surface area contributed by atoms with Crippen molar-refractivity contribution in [1.82, 2.24) is 4.90 Å². The van der Waals surface area contributed by atoms with Crippen molar-refractivity contribution >= 4 is 17.7 Å². The van der Waals surface area contributed by atoms with Gasteiger partial charge in [0.2, 0.25) is 5.91 Å². The molecule has 6 nitrogen and oxygen atoms in total. The van der Waals surface area contributed by atoms with Gasteiger partial charge in [-0.2, -0.15) is 0 Å². The number of aromatic hydroxyl groups is 1. The highest BCUT2D eigenvalue weighted by Gasteiger charge is 2.36. The highest BCUT2D eigenvalue weighted by atomic mass is 16.6. The minimum Gasteiger partial charge on any atom is -0.508 e.